The maximum absolute atomic E-state index is 12.5. The summed E-state index contributed by atoms with van der Waals surface area (Å²) in [6, 6.07) is 14.6. The molecule has 0 fully saturated rings. The van der Waals surface area contributed by atoms with E-state index in [1.807, 2.05) is 42.5 Å². The molecule has 0 unspecified atom stereocenters. The summed E-state index contributed by atoms with van der Waals surface area (Å²) in [4.78, 5) is 24.8. The molecule has 0 aliphatic carbocycles. The summed E-state index contributed by atoms with van der Waals surface area (Å²) in [5, 5.41) is 8.88. The topological polar surface area (TPSA) is 79.5 Å². The van der Waals surface area contributed by atoms with Crippen molar-refractivity contribution in [2.75, 3.05) is 7.11 Å². The van der Waals surface area contributed by atoms with Crippen LogP contribution in [0.1, 0.15) is 23.6 Å². The molecule has 2 amide bonds. The van der Waals surface area contributed by atoms with Gasteiger partial charge in [0.2, 0.25) is 11.8 Å². The zero-order valence-corrected chi connectivity index (χ0v) is 15.6. The van der Waals surface area contributed by atoms with Crippen LogP contribution in [0.4, 0.5) is 0 Å². The van der Waals surface area contributed by atoms with Gasteiger partial charge in [-0.15, -0.1) is 0 Å². The molecule has 27 heavy (non-hydrogen) atoms. The summed E-state index contributed by atoms with van der Waals surface area (Å²) in [6.45, 7) is 2.75. The van der Waals surface area contributed by atoms with Gasteiger partial charge in [0.15, 0.2) is 0 Å². The van der Waals surface area contributed by atoms with E-state index in [4.69, 9.17) is 4.74 Å². The van der Waals surface area contributed by atoms with Crippen molar-refractivity contribution < 1.29 is 14.3 Å². The van der Waals surface area contributed by atoms with Crippen molar-refractivity contribution >= 4 is 11.8 Å². The van der Waals surface area contributed by atoms with E-state index < -0.39 is 6.04 Å². The molecule has 0 spiro atoms. The first-order valence-electron chi connectivity index (χ1n) is 9.08. The smallest absolute Gasteiger partial charge is 0.242 e. The van der Waals surface area contributed by atoms with Crippen molar-refractivity contribution in [3.05, 3.63) is 65.2 Å². The number of nitrogens with one attached hydrogen (secondary N) is 3. The summed E-state index contributed by atoms with van der Waals surface area (Å²) in [6.07, 6.45) is 0.627. The van der Waals surface area contributed by atoms with Crippen molar-refractivity contribution in [2.45, 2.75) is 38.5 Å². The molecular formula is C21H25N3O3. The first-order valence-corrected chi connectivity index (χ1v) is 9.08. The first-order chi connectivity index (χ1) is 13.1. The highest BCUT2D eigenvalue weighted by Crippen LogP contribution is 2.16. The van der Waals surface area contributed by atoms with Crippen molar-refractivity contribution in [3.63, 3.8) is 0 Å². The monoisotopic (exact) mass is 367 g/mol. The Hall–Kier alpha value is -2.86. The van der Waals surface area contributed by atoms with Crippen molar-refractivity contribution in [1.82, 2.24) is 16.0 Å². The third-order valence-corrected chi connectivity index (χ3v) is 4.78. The average Bonchev–Trinajstić information content (AvgIpc) is 2.71. The van der Waals surface area contributed by atoms with Gasteiger partial charge in [-0.25, -0.2) is 0 Å². The molecule has 2 aromatic rings. The Morgan fingerprint density at radius 2 is 1.85 bits per heavy atom. The molecule has 0 aromatic heterocycles. The minimum absolute atomic E-state index is 0.156. The number of fused-ring (bicyclic) bond motifs is 1. The molecule has 6 heteroatoms. The van der Waals surface area contributed by atoms with Crippen molar-refractivity contribution in [3.8, 4) is 5.75 Å². The van der Waals surface area contributed by atoms with Gasteiger partial charge in [0.05, 0.1) is 13.2 Å². The molecule has 3 N–H and O–H groups in total. The third-order valence-electron chi connectivity index (χ3n) is 4.78. The lowest BCUT2D eigenvalue weighted by molar-refractivity contribution is -0.129. The molecule has 1 aliphatic rings. The minimum Gasteiger partial charge on any atom is -0.497 e. The summed E-state index contributed by atoms with van der Waals surface area (Å²) < 4.78 is 5.12. The molecule has 1 aliphatic heterocycles. The number of hydrogen-bond acceptors (Lipinski definition) is 4. The molecule has 0 saturated carbocycles. The van der Waals surface area contributed by atoms with E-state index in [0.717, 1.165) is 11.3 Å². The number of rotatable bonds is 6. The predicted octanol–water partition coefficient (Wildman–Crippen LogP) is 1.53. The fourth-order valence-electron chi connectivity index (χ4n) is 3.10. The third kappa shape index (κ3) is 4.86. The maximum atomic E-state index is 12.5. The summed E-state index contributed by atoms with van der Waals surface area (Å²) >= 11 is 0. The second kappa shape index (κ2) is 8.68. The van der Waals surface area contributed by atoms with Crippen molar-refractivity contribution in [1.29, 1.82) is 0 Å². The zero-order chi connectivity index (χ0) is 19.2. The highest BCUT2D eigenvalue weighted by molar-refractivity contribution is 5.89. The van der Waals surface area contributed by atoms with Crippen molar-refractivity contribution in [2.24, 2.45) is 0 Å². The second-order valence-electron chi connectivity index (χ2n) is 6.70. The molecule has 1 heterocycles. The molecule has 2 atom stereocenters. The number of hydrogen-bond donors (Lipinski definition) is 3. The molecule has 3 rings (SSSR count). The Balaban J connectivity index is 1.48. The largest absolute Gasteiger partial charge is 0.497 e. The van der Waals surface area contributed by atoms with E-state index in [-0.39, 0.29) is 17.9 Å². The Labute approximate surface area is 159 Å². The van der Waals surface area contributed by atoms with Crippen LogP contribution in [0, 0.1) is 0 Å². The van der Waals surface area contributed by atoms with E-state index in [1.54, 1.807) is 14.0 Å². The normalized spacial score (nSPS) is 16.7. The Bertz CT molecular complexity index is 805. The van der Waals surface area contributed by atoms with Crippen LogP contribution >= 0.6 is 0 Å². The van der Waals surface area contributed by atoms with Gasteiger partial charge >= 0.3 is 0 Å². The van der Waals surface area contributed by atoms with Gasteiger partial charge in [-0.3, -0.25) is 9.59 Å². The fraction of sp³-hybridized carbons (Fsp3) is 0.333. The van der Waals surface area contributed by atoms with Gasteiger partial charge in [0.25, 0.3) is 0 Å². The quantitative estimate of drug-likeness (QED) is 0.723. The van der Waals surface area contributed by atoms with E-state index in [9.17, 15) is 9.59 Å². The van der Waals surface area contributed by atoms with Crippen LogP contribution in [0.3, 0.4) is 0 Å². The SMILES string of the molecule is COc1ccc(CNC(=O)[C@H](C)NC(=O)[C@@H]2Cc3ccccc3CN2)cc1. The number of amides is 2. The van der Waals surface area contributed by atoms with Crippen LogP contribution < -0.4 is 20.7 Å². The molecule has 0 bridgehead atoms. The van der Waals surface area contributed by atoms with Crippen LogP contribution in [0.15, 0.2) is 48.5 Å². The number of benzene rings is 2. The lowest BCUT2D eigenvalue weighted by Crippen LogP contribution is -2.53. The summed E-state index contributed by atoms with van der Waals surface area (Å²) in [5.41, 5.74) is 3.35. The molecule has 6 nitrogen and oxygen atoms in total. The maximum Gasteiger partial charge on any atom is 0.242 e. The van der Waals surface area contributed by atoms with E-state index in [0.29, 0.717) is 19.5 Å². The van der Waals surface area contributed by atoms with Crippen LogP contribution in [0.2, 0.25) is 0 Å². The predicted molar refractivity (Wildman–Crippen MR) is 103 cm³/mol. The lowest BCUT2D eigenvalue weighted by atomic mass is 9.95. The Morgan fingerprint density at radius 3 is 2.56 bits per heavy atom. The number of ether oxygens (including phenoxy) is 1. The lowest BCUT2D eigenvalue weighted by Gasteiger charge is -2.26. The summed E-state index contributed by atoms with van der Waals surface area (Å²) in [7, 11) is 1.61. The van der Waals surface area contributed by atoms with E-state index >= 15 is 0 Å². The number of carbonyl (C=O) groups excluding carboxylic acids is 2. The standard InChI is InChI=1S/C21H25N3O3/c1-14(20(25)23-12-15-7-9-18(27-2)10-8-15)24-21(26)19-11-16-5-3-4-6-17(16)13-22-19/h3-10,14,19,22H,11-13H2,1-2H3,(H,23,25)(H,24,26)/t14-,19-/m0/s1. The van der Waals surface area contributed by atoms with Gasteiger partial charge in [-0.2, -0.15) is 0 Å². The molecule has 0 radical (unpaired) electrons. The molecule has 142 valence electrons. The van der Waals surface area contributed by atoms with Crippen LogP contribution in [-0.2, 0) is 29.1 Å². The fourth-order valence-corrected chi connectivity index (χ4v) is 3.10. The molecular weight excluding hydrogens is 342 g/mol. The van der Waals surface area contributed by atoms with E-state index in [1.165, 1.54) is 11.1 Å². The highest BCUT2D eigenvalue weighted by atomic mass is 16.5. The number of methoxy groups -OCH3 is 1. The highest BCUT2D eigenvalue weighted by Gasteiger charge is 2.26. The van der Waals surface area contributed by atoms with Gasteiger partial charge < -0.3 is 20.7 Å². The van der Waals surface area contributed by atoms with Crippen LogP contribution in [-0.4, -0.2) is 31.0 Å². The van der Waals surface area contributed by atoms with Gasteiger partial charge in [0, 0.05) is 13.1 Å². The molecule has 2 aromatic carbocycles. The Kier molecular flexibility index (Phi) is 6.08. The van der Waals surface area contributed by atoms with Gasteiger partial charge in [-0.1, -0.05) is 36.4 Å². The molecule has 0 saturated heterocycles. The van der Waals surface area contributed by atoms with Crippen LogP contribution in [0.25, 0.3) is 0 Å². The zero-order valence-electron chi connectivity index (χ0n) is 15.6. The summed E-state index contributed by atoms with van der Waals surface area (Å²) in [5.74, 6) is 0.402. The van der Waals surface area contributed by atoms with Gasteiger partial charge in [-0.05, 0) is 42.2 Å². The Morgan fingerprint density at radius 1 is 1.15 bits per heavy atom. The minimum atomic E-state index is -0.602. The average molecular weight is 367 g/mol. The van der Waals surface area contributed by atoms with Gasteiger partial charge in [0.1, 0.15) is 11.8 Å². The second-order valence-corrected chi connectivity index (χ2v) is 6.70. The van der Waals surface area contributed by atoms with Crippen LogP contribution in [0.5, 0.6) is 5.75 Å². The first kappa shape index (κ1) is 18.9. The number of carbonyl (C=O) groups is 2. The van der Waals surface area contributed by atoms with E-state index in [2.05, 4.69) is 22.0 Å².